The zero-order chi connectivity index (χ0) is 13.7. The molecule has 0 unspecified atom stereocenters. The second kappa shape index (κ2) is 6.70. The summed E-state index contributed by atoms with van der Waals surface area (Å²) < 4.78 is 0. The van der Waals surface area contributed by atoms with Gasteiger partial charge in [-0.2, -0.15) is 0 Å². The van der Waals surface area contributed by atoms with Crippen molar-refractivity contribution in [2.45, 2.75) is 38.7 Å². The van der Waals surface area contributed by atoms with Crippen LogP contribution in [0.3, 0.4) is 0 Å². The summed E-state index contributed by atoms with van der Waals surface area (Å²) in [6.07, 6.45) is 5.50. The third-order valence-electron chi connectivity index (χ3n) is 3.66. The highest BCUT2D eigenvalue weighted by molar-refractivity contribution is 5.49. The number of aliphatic hydroxyl groups excluding tert-OH is 1. The predicted octanol–water partition coefficient (Wildman–Crippen LogP) is 1.67. The van der Waals surface area contributed by atoms with E-state index in [0.717, 1.165) is 44.1 Å². The lowest BCUT2D eigenvalue weighted by atomic mass is 10.1. The van der Waals surface area contributed by atoms with Gasteiger partial charge in [0.15, 0.2) is 0 Å². The Kier molecular flexibility index (Phi) is 4.96. The number of nitrogens with zero attached hydrogens (tertiary/aromatic N) is 4. The molecule has 1 aromatic rings. The van der Waals surface area contributed by atoms with Crippen LogP contribution in [-0.2, 0) is 0 Å². The minimum atomic E-state index is -0.148. The molecule has 1 N–H and O–H groups in total. The molecule has 1 aliphatic rings. The van der Waals surface area contributed by atoms with Gasteiger partial charge in [0.25, 0.3) is 0 Å². The Labute approximate surface area is 115 Å². The van der Waals surface area contributed by atoms with E-state index < -0.39 is 0 Å². The van der Waals surface area contributed by atoms with Crippen LogP contribution in [0.2, 0.25) is 0 Å². The third kappa shape index (κ3) is 3.80. The second-order valence-corrected chi connectivity index (χ2v) is 5.23. The molecule has 2 rings (SSSR count). The maximum atomic E-state index is 9.55. The predicted molar refractivity (Wildman–Crippen MR) is 77.7 cm³/mol. The molecule has 5 nitrogen and oxygen atoms in total. The van der Waals surface area contributed by atoms with Crippen LogP contribution < -0.4 is 9.80 Å². The van der Waals surface area contributed by atoms with E-state index in [1.165, 1.54) is 12.8 Å². The number of hydrogen-bond donors (Lipinski definition) is 1. The minimum absolute atomic E-state index is 0.148. The largest absolute Gasteiger partial charge is 0.393 e. The lowest BCUT2D eigenvalue weighted by molar-refractivity contribution is 0.145. The number of piperidine rings is 1. The highest BCUT2D eigenvalue weighted by atomic mass is 16.3. The van der Waals surface area contributed by atoms with E-state index in [0.29, 0.717) is 0 Å². The molecule has 2 heterocycles. The second-order valence-electron chi connectivity index (χ2n) is 5.23. The summed E-state index contributed by atoms with van der Waals surface area (Å²) in [4.78, 5) is 13.1. The van der Waals surface area contributed by atoms with Gasteiger partial charge in [-0.25, -0.2) is 9.97 Å². The SMILES string of the molecule is CCCCN(C)c1cc(N2CCC(O)CC2)ncn1. The molecule has 1 fully saturated rings. The van der Waals surface area contributed by atoms with Gasteiger partial charge in [-0.05, 0) is 19.3 Å². The van der Waals surface area contributed by atoms with Crippen molar-refractivity contribution in [3.63, 3.8) is 0 Å². The zero-order valence-electron chi connectivity index (χ0n) is 11.9. The van der Waals surface area contributed by atoms with Crippen molar-refractivity contribution < 1.29 is 5.11 Å². The first kappa shape index (κ1) is 14.1. The summed E-state index contributed by atoms with van der Waals surface area (Å²) in [6, 6.07) is 2.05. The molecule has 5 heteroatoms. The van der Waals surface area contributed by atoms with Gasteiger partial charge in [-0.15, -0.1) is 0 Å². The van der Waals surface area contributed by atoms with Crippen molar-refractivity contribution >= 4 is 11.6 Å². The molecule has 1 saturated heterocycles. The molecular weight excluding hydrogens is 240 g/mol. The number of aliphatic hydroxyl groups is 1. The Balaban J connectivity index is 2.02. The van der Waals surface area contributed by atoms with E-state index in [9.17, 15) is 5.11 Å². The van der Waals surface area contributed by atoms with Gasteiger partial charge < -0.3 is 14.9 Å². The molecule has 0 saturated carbocycles. The summed E-state index contributed by atoms with van der Waals surface area (Å²) >= 11 is 0. The van der Waals surface area contributed by atoms with Gasteiger partial charge >= 0.3 is 0 Å². The average molecular weight is 264 g/mol. The smallest absolute Gasteiger partial charge is 0.134 e. The topological polar surface area (TPSA) is 52.5 Å². The fourth-order valence-corrected chi connectivity index (χ4v) is 2.32. The van der Waals surface area contributed by atoms with Crippen LogP contribution in [0.4, 0.5) is 11.6 Å². The van der Waals surface area contributed by atoms with Gasteiger partial charge in [-0.3, -0.25) is 0 Å². The van der Waals surface area contributed by atoms with E-state index in [4.69, 9.17) is 0 Å². The van der Waals surface area contributed by atoms with Gasteiger partial charge in [-0.1, -0.05) is 13.3 Å². The molecule has 0 aliphatic carbocycles. The zero-order valence-corrected chi connectivity index (χ0v) is 11.9. The highest BCUT2D eigenvalue weighted by Crippen LogP contribution is 2.20. The summed E-state index contributed by atoms with van der Waals surface area (Å²) in [5.41, 5.74) is 0. The minimum Gasteiger partial charge on any atom is -0.393 e. The number of aromatic nitrogens is 2. The van der Waals surface area contributed by atoms with Crippen LogP contribution >= 0.6 is 0 Å². The molecule has 0 bridgehead atoms. The van der Waals surface area contributed by atoms with E-state index in [1.54, 1.807) is 6.33 Å². The number of rotatable bonds is 5. The van der Waals surface area contributed by atoms with E-state index in [1.807, 2.05) is 6.07 Å². The number of unbranched alkanes of at least 4 members (excludes halogenated alkanes) is 1. The maximum absolute atomic E-state index is 9.55. The van der Waals surface area contributed by atoms with Crippen LogP contribution in [0.5, 0.6) is 0 Å². The van der Waals surface area contributed by atoms with Crippen LogP contribution in [0.15, 0.2) is 12.4 Å². The van der Waals surface area contributed by atoms with Gasteiger partial charge in [0.2, 0.25) is 0 Å². The fourth-order valence-electron chi connectivity index (χ4n) is 2.32. The van der Waals surface area contributed by atoms with Gasteiger partial charge in [0.1, 0.15) is 18.0 Å². The highest BCUT2D eigenvalue weighted by Gasteiger charge is 2.18. The molecular formula is C14H24N4O. The Morgan fingerprint density at radius 1 is 1.37 bits per heavy atom. The Morgan fingerprint density at radius 2 is 2.11 bits per heavy atom. The summed E-state index contributed by atoms with van der Waals surface area (Å²) in [5, 5.41) is 9.55. The van der Waals surface area contributed by atoms with Crippen molar-refractivity contribution in [2.75, 3.05) is 36.5 Å². The first-order chi connectivity index (χ1) is 9.20. The van der Waals surface area contributed by atoms with E-state index in [2.05, 4.69) is 33.7 Å². The van der Waals surface area contributed by atoms with Crippen molar-refractivity contribution in [1.29, 1.82) is 0 Å². The summed E-state index contributed by atoms with van der Waals surface area (Å²) in [6.45, 7) is 4.95. The average Bonchev–Trinajstić information content (AvgIpc) is 2.45. The van der Waals surface area contributed by atoms with Crippen molar-refractivity contribution in [3.8, 4) is 0 Å². The molecule has 106 valence electrons. The van der Waals surface area contributed by atoms with Crippen LogP contribution in [0.1, 0.15) is 32.6 Å². The Morgan fingerprint density at radius 3 is 2.79 bits per heavy atom. The molecule has 0 radical (unpaired) electrons. The standard InChI is InChI=1S/C14H24N4O/c1-3-4-7-17(2)13-10-14(16-11-15-13)18-8-5-12(19)6-9-18/h10-12,19H,3-9H2,1-2H3. The number of hydrogen-bond acceptors (Lipinski definition) is 5. The van der Waals surface area contributed by atoms with E-state index in [-0.39, 0.29) is 6.10 Å². The van der Waals surface area contributed by atoms with Crippen molar-refractivity contribution in [2.24, 2.45) is 0 Å². The Hall–Kier alpha value is -1.36. The normalized spacial score (nSPS) is 16.7. The lowest BCUT2D eigenvalue weighted by Gasteiger charge is -2.31. The summed E-state index contributed by atoms with van der Waals surface area (Å²) in [5.74, 6) is 1.95. The molecule has 0 atom stereocenters. The molecule has 0 aromatic carbocycles. The first-order valence-corrected chi connectivity index (χ1v) is 7.17. The van der Waals surface area contributed by atoms with Crippen LogP contribution in [-0.4, -0.2) is 47.9 Å². The number of anilines is 2. The van der Waals surface area contributed by atoms with Gasteiger partial charge in [0.05, 0.1) is 6.10 Å². The third-order valence-corrected chi connectivity index (χ3v) is 3.66. The van der Waals surface area contributed by atoms with Crippen LogP contribution in [0.25, 0.3) is 0 Å². The van der Waals surface area contributed by atoms with Crippen molar-refractivity contribution in [3.05, 3.63) is 12.4 Å². The maximum Gasteiger partial charge on any atom is 0.134 e. The lowest BCUT2D eigenvalue weighted by Crippen LogP contribution is -2.36. The quantitative estimate of drug-likeness (QED) is 0.877. The molecule has 1 aromatic heterocycles. The first-order valence-electron chi connectivity index (χ1n) is 7.17. The van der Waals surface area contributed by atoms with E-state index >= 15 is 0 Å². The fraction of sp³-hybridized carbons (Fsp3) is 0.714. The van der Waals surface area contributed by atoms with Crippen LogP contribution in [0, 0.1) is 0 Å². The Bertz CT molecular complexity index is 391. The molecule has 0 amide bonds. The molecule has 1 aliphatic heterocycles. The summed E-state index contributed by atoms with van der Waals surface area (Å²) in [7, 11) is 2.07. The molecule has 19 heavy (non-hydrogen) atoms. The van der Waals surface area contributed by atoms with Crippen molar-refractivity contribution in [1.82, 2.24) is 9.97 Å². The monoisotopic (exact) mass is 264 g/mol. The van der Waals surface area contributed by atoms with Gasteiger partial charge in [0, 0.05) is 32.7 Å². The molecule has 0 spiro atoms.